The minimum Gasteiger partial charge on any atom is -0.368 e. The van der Waals surface area contributed by atoms with Gasteiger partial charge in [-0.3, -0.25) is 0 Å². The Morgan fingerprint density at radius 2 is 1.84 bits per heavy atom. The van der Waals surface area contributed by atoms with Crippen molar-refractivity contribution in [2.75, 3.05) is 11.1 Å². The molecule has 5 nitrogen and oxygen atoms in total. The smallest absolute Gasteiger partial charge is 0.368 e. The molecule has 0 saturated heterocycles. The lowest BCUT2D eigenvalue weighted by molar-refractivity contribution is -0.144. The SMILES string of the molecule is Cc1cc(C)c2cc(C(C)Nc3nc(N)nc(C(F)(F)F)n3)sc2c1. The highest BCUT2D eigenvalue weighted by Crippen LogP contribution is 2.34. The van der Waals surface area contributed by atoms with Gasteiger partial charge in [0.1, 0.15) is 0 Å². The van der Waals surface area contributed by atoms with E-state index in [1.165, 1.54) is 5.56 Å². The Balaban J connectivity index is 1.91. The van der Waals surface area contributed by atoms with Crippen molar-refractivity contribution in [3.05, 3.63) is 40.0 Å². The van der Waals surface area contributed by atoms with Gasteiger partial charge in [0.05, 0.1) is 6.04 Å². The van der Waals surface area contributed by atoms with Crippen LogP contribution in [0, 0.1) is 13.8 Å². The average Bonchev–Trinajstić information content (AvgIpc) is 2.90. The van der Waals surface area contributed by atoms with Gasteiger partial charge in [-0.1, -0.05) is 6.07 Å². The molecule has 0 aliphatic carbocycles. The molecule has 2 aromatic heterocycles. The van der Waals surface area contributed by atoms with E-state index in [2.05, 4.69) is 32.4 Å². The first-order valence-corrected chi connectivity index (χ1v) is 8.31. The van der Waals surface area contributed by atoms with Crippen LogP contribution in [0.5, 0.6) is 0 Å². The van der Waals surface area contributed by atoms with Gasteiger partial charge in [0.15, 0.2) is 0 Å². The second-order valence-electron chi connectivity index (χ2n) is 5.85. The summed E-state index contributed by atoms with van der Waals surface area (Å²) in [5.74, 6) is -1.98. The number of nitrogens with one attached hydrogen (secondary N) is 1. The van der Waals surface area contributed by atoms with Gasteiger partial charge in [0.2, 0.25) is 17.7 Å². The molecule has 0 radical (unpaired) electrons. The minimum atomic E-state index is -4.68. The molecule has 0 fully saturated rings. The van der Waals surface area contributed by atoms with Crippen LogP contribution in [-0.2, 0) is 6.18 Å². The molecule has 0 aliphatic rings. The van der Waals surface area contributed by atoms with Gasteiger partial charge in [-0.25, -0.2) is 0 Å². The van der Waals surface area contributed by atoms with E-state index in [1.807, 2.05) is 26.8 Å². The molecular formula is C16H16F3N5S. The first-order valence-electron chi connectivity index (χ1n) is 7.49. The van der Waals surface area contributed by atoms with Crippen molar-refractivity contribution in [3.63, 3.8) is 0 Å². The zero-order valence-electron chi connectivity index (χ0n) is 13.8. The number of benzene rings is 1. The Bertz CT molecular complexity index is 935. The van der Waals surface area contributed by atoms with E-state index in [-0.39, 0.29) is 12.0 Å². The number of rotatable bonds is 3. The van der Waals surface area contributed by atoms with Gasteiger partial charge in [-0.15, -0.1) is 11.3 Å². The molecule has 0 amide bonds. The fourth-order valence-electron chi connectivity index (χ4n) is 2.57. The number of aryl methyl sites for hydroxylation is 2. The second-order valence-corrected chi connectivity index (χ2v) is 6.96. The summed E-state index contributed by atoms with van der Waals surface area (Å²) in [7, 11) is 0. The van der Waals surface area contributed by atoms with Crippen LogP contribution in [0.15, 0.2) is 18.2 Å². The number of alkyl halides is 3. The molecule has 2 heterocycles. The summed E-state index contributed by atoms with van der Waals surface area (Å²) in [6.45, 7) is 5.89. The topological polar surface area (TPSA) is 76.7 Å². The molecule has 1 atom stereocenters. The molecule has 25 heavy (non-hydrogen) atoms. The van der Waals surface area contributed by atoms with Crippen LogP contribution in [0.4, 0.5) is 25.1 Å². The summed E-state index contributed by atoms with van der Waals surface area (Å²) >= 11 is 1.58. The quantitative estimate of drug-likeness (QED) is 0.714. The number of anilines is 2. The van der Waals surface area contributed by atoms with Gasteiger partial charge >= 0.3 is 6.18 Å². The Morgan fingerprint density at radius 3 is 2.52 bits per heavy atom. The number of hydrogen-bond acceptors (Lipinski definition) is 6. The first-order chi connectivity index (χ1) is 11.6. The molecular weight excluding hydrogens is 351 g/mol. The van der Waals surface area contributed by atoms with E-state index in [1.54, 1.807) is 11.3 Å². The minimum absolute atomic E-state index is 0.197. The maximum atomic E-state index is 12.8. The van der Waals surface area contributed by atoms with Gasteiger partial charge in [0, 0.05) is 9.58 Å². The first kappa shape index (κ1) is 17.4. The zero-order valence-corrected chi connectivity index (χ0v) is 14.6. The van der Waals surface area contributed by atoms with E-state index >= 15 is 0 Å². The van der Waals surface area contributed by atoms with Crippen molar-refractivity contribution in [2.24, 2.45) is 0 Å². The number of nitrogen functional groups attached to an aromatic ring is 1. The number of thiophene rings is 1. The third-order valence-electron chi connectivity index (χ3n) is 3.69. The number of nitrogens with zero attached hydrogens (tertiary/aromatic N) is 3. The fourth-order valence-corrected chi connectivity index (χ4v) is 3.81. The van der Waals surface area contributed by atoms with Gasteiger partial charge in [-0.2, -0.15) is 28.1 Å². The summed E-state index contributed by atoms with van der Waals surface area (Å²) in [5.41, 5.74) is 7.70. The highest BCUT2D eigenvalue weighted by atomic mass is 32.1. The lowest BCUT2D eigenvalue weighted by Gasteiger charge is -2.13. The van der Waals surface area contributed by atoms with E-state index in [9.17, 15) is 13.2 Å². The van der Waals surface area contributed by atoms with Gasteiger partial charge in [0.25, 0.3) is 0 Å². The van der Waals surface area contributed by atoms with Crippen LogP contribution >= 0.6 is 11.3 Å². The summed E-state index contributed by atoms with van der Waals surface area (Å²) < 4.78 is 39.5. The standard InChI is InChI=1S/C16H16F3N5S/c1-7-4-8(2)10-6-11(25-12(10)5-7)9(3)21-15-23-13(16(17,18)19)22-14(20)24-15/h4-6,9H,1-3H3,(H3,20,21,22,23,24). The van der Waals surface area contributed by atoms with Crippen LogP contribution < -0.4 is 11.1 Å². The molecule has 1 unspecified atom stereocenters. The molecule has 1 aromatic carbocycles. The van der Waals surface area contributed by atoms with Crippen molar-refractivity contribution < 1.29 is 13.2 Å². The van der Waals surface area contributed by atoms with Crippen molar-refractivity contribution in [1.29, 1.82) is 0 Å². The highest BCUT2D eigenvalue weighted by molar-refractivity contribution is 7.19. The zero-order chi connectivity index (χ0) is 18.4. The molecule has 3 rings (SSSR count). The normalized spacial score (nSPS) is 13.2. The summed E-state index contributed by atoms with van der Waals surface area (Å²) in [5, 5.41) is 4.00. The summed E-state index contributed by atoms with van der Waals surface area (Å²) in [4.78, 5) is 11.3. The molecule has 0 saturated carbocycles. The Labute approximate surface area is 146 Å². The van der Waals surface area contributed by atoms with Crippen LogP contribution in [0.2, 0.25) is 0 Å². The van der Waals surface area contributed by atoms with Gasteiger partial charge < -0.3 is 11.1 Å². The average molecular weight is 367 g/mol. The molecule has 3 aromatic rings. The summed E-state index contributed by atoms with van der Waals surface area (Å²) in [6.07, 6.45) is -4.68. The molecule has 132 valence electrons. The van der Waals surface area contributed by atoms with Crippen LogP contribution in [-0.4, -0.2) is 15.0 Å². The molecule has 0 aliphatic heterocycles. The molecule has 9 heteroatoms. The number of hydrogen-bond donors (Lipinski definition) is 2. The predicted octanol–water partition coefficient (Wildman–Crippen LogP) is 4.48. The van der Waals surface area contributed by atoms with E-state index in [0.29, 0.717) is 0 Å². The Kier molecular flexibility index (Phi) is 4.28. The monoisotopic (exact) mass is 367 g/mol. The number of nitrogens with two attached hydrogens (primary N) is 1. The van der Waals surface area contributed by atoms with Gasteiger partial charge in [-0.05, 0) is 49.4 Å². The summed E-state index contributed by atoms with van der Waals surface area (Å²) in [6, 6.07) is 5.94. The number of fused-ring (bicyclic) bond motifs is 1. The van der Waals surface area contributed by atoms with Crippen LogP contribution in [0.25, 0.3) is 10.1 Å². The molecule has 0 bridgehead atoms. The third kappa shape index (κ3) is 3.65. The Morgan fingerprint density at radius 1 is 1.12 bits per heavy atom. The number of aromatic nitrogens is 3. The van der Waals surface area contributed by atoms with E-state index < -0.39 is 17.9 Å². The Hall–Kier alpha value is -2.42. The lowest BCUT2D eigenvalue weighted by Crippen LogP contribution is -2.17. The second kappa shape index (κ2) is 6.14. The molecule has 3 N–H and O–H groups in total. The van der Waals surface area contributed by atoms with Crippen LogP contribution in [0.1, 0.15) is 34.8 Å². The maximum Gasteiger partial charge on any atom is 0.451 e. The maximum absolute atomic E-state index is 12.8. The van der Waals surface area contributed by atoms with Crippen molar-refractivity contribution in [2.45, 2.75) is 33.0 Å². The van der Waals surface area contributed by atoms with E-state index in [0.717, 1.165) is 20.5 Å². The van der Waals surface area contributed by atoms with E-state index in [4.69, 9.17) is 5.73 Å². The fraction of sp³-hybridized carbons (Fsp3) is 0.312. The number of halogens is 3. The van der Waals surface area contributed by atoms with Crippen molar-refractivity contribution in [1.82, 2.24) is 15.0 Å². The third-order valence-corrected chi connectivity index (χ3v) is 4.95. The largest absolute Gasteiger partial charge is 0.451 e. The predicted molar refractivity (Wildman–Crippen MR) is 92.6 cm³/mol. The van der Waals surface area contributed by atoms with Crippen molar-refractivity contribution in [3.8, 4) is 0 Å². The van der Waals surface area contributed by atoms with Crippen LogP contribution in [0.3, 0.4) is 0 Å². The highest BCUT2D eigenvalue weighted by Gasteiger charge is 2.35. The van der Waals surface area contributed by atoms with Crippen molar-refractivity contribution >= 4 is 33.3 Å². The lowest BCUT2D eigenvalue weighted by atomic mass is 10.1. The molecule has 0 spiro atoms.